The van der Waals surface area contributed by atoms with Crippen molar-refractivity contribution in [3.05, 3.63) is 64.4 Å². The second-order valence-corrected chi connectivity index (χ2v) is 5.10. The molecule has 5 nitrogen and oxygen atoms in total. The lowest BCUT2D eigenvalue weighted by Gasteiger charge is -2.03. The fourth-order valence-corrected chi connectivity index (χ4v) is 1.78. The standard InChI is InChI=1S/C15H11BrFN3O2/c16-11-5-7-12(8-6-11)19-14(21)15(22)20-18-9-10-3-1-2-4-13(10)17/h1-9H,(H,19,21)(H,20,22)/b18-9-. The number of amides is 2. The highest BCUT2D eigenvalue weighted by atomic mass is 79.9. The summed E-state index contributed by atoms with van der Waals surface area (Å²) in [7, 11) is 0. The molecule has 0 aliphatic carbocycles. The fourth-order valence-electron chi connectivity index (χ4n) is 1.51. The van der Waals surface area contributed by atoms with Gasteiger partial charge in [0.2, 0.25) is 0 Å². The summed E-state index contributed by atoms with van der Waals surface area (Å²) in [6, 6.07) is 12.7. The molecule has 22 heavy (non-hydrogen) atoms. The van der Waals surface area contributed by atoms with E-state index in [9.17, 15) is 14.0 Å². The van der Waals surface area contributed by atoms with Crippen molar-refractivity contribution in [2.75, 3.05) is 5.32 Å². The predicted molar refractivity (Wildman–Crippen MR) is 84.9 cm³/mol. The van der Waals surface area contributed by atoms with Crippen molar-refractivity contribution in [1.29, 1.82) is 0 Å². The monoisotopic (exact) mass is 363 g/mol. The molecule has 0 aliphatic rings. The number of benzene rings is 2. The molecular formula is C15H11BrFN3O2. The number of anilines is 1. The Kier molecular flexibility index (Phi) is 5.37. The van der Waals surface area contributed by atoms with E-state index in [-0.39, 0.29) is 5.56 Å². The molecular weight excluding hydrogens is 353 g/mol. The van der Waals surface area contributed by atoms with Crippen molar-refractivity contribution in [2.45, 2.75) is 0 Å². The molecule has 2 N–H and O–H groups in total. The summed E-state index contributed by atoms with van der Waals surface area (Å²) in [5.41, 5.74) is 2.71. The smallest absolute Gasteiger partial charge is 0.318 e. The molecule has 2 amide bonds. The minimum atomic E-state index is -0.949. The van der Waals surface area contributed by atoms with Gasteiger partial charge in [-0.05, 0) is 30.3 Å². The van der Waals surface area contributed by atoms with Crippen molar-refractivity contribution < 1.29 is 14.0 Å². The van der Waals surface area contributed by atoms with E-state index in [4.69, 9.17) is 0 Å². The van der Waals surface area contributed by atoms with Gasteiger partial charge in [0.15, 0.2) is 0 Å². The molecule has 112 valence electrons. The molecule has 2 aromatic rings. The third-order valence-electron chi connectivity index (χ3n) is 2.58. The van der Waals surface area contributed by atoms with Crippen LogP contribution in [0.3, 0.4) is 0 Å². The molecule has 2 rings (SSSR count). The minimum absolute atomic E-state index is 0.205. The van der Waals surface area contributed by atoms with Gasteiger partial charge in [-0.2, -0.15) is 5.10 Å². The van der Waals surface area contributed by atoms with Crippen molar-refractivity contribution >= 4 is 39.6 Å². The van der Waals surface area contributed by atoms with Gasteiger partial charge in [-0.25, -0.2) is 9.82 Å². The Balaban J connectivity index is 1.90. The highest BCUT2D eigenvalue weighted by Gasteiger charge is 2.12. The Hall–Kier alpha value is -2.54. The van der Waals surface area contributed by atoms with Crippen LogP contribution in [0.25, 0.3) is 0 Å². The molecule has 7 heteroatoms. The normalized spacial score (nSPS) is 10.5. The van der Waals surface area contributed by atoms with E-state index < -0.39 is 17.6 Å². The summed E-state index contributed by atoms with van der Waals surface area (Å²) in [6.45, 7) is 0. The number of hydrazone groups is 1. The molecule has 0 spiro atoms. The number of hydrogen-bond acceptors (Lipinski definition) is 3. The third kappa shape index (κ3) is 4.49. The van der Waals surface area contributed by atoms with Gasteiger partial charge in [0.05, 0.1) is 6.21 Å². The number of nitrogens with one attached hydrogen (secondary N) is 2. The predicted octanol–water partition coefficient (Wildman–Crippen LogP) is 2.68. The highest BCUT2D eigenvalue weighted by Crippen LogP contribution is 2.13. The molecule has 0 heterocycles. The number of carbonyl (C=O) groups excluding carboxylic acids is 2. The number of nitrogens with zero attached hydrogens (tertiary/aromatic N) is 1. The van der Waals surface area contributed by atoms with Crippen molar-refractivity contribution in [3.63, 3.8) is 0 Å². The average molecular weight is 364 g/mol. The van der Waals surface area contributed by atoms with Crippen LogP contribution in [0.1, 0.15) is 5.56 Å². The zero-order valence-electron chi connectivity index (χ0n) is 11.2. The van der Waals surface area contributed by atoms with Crippen molar-refractivity contribution in [3.8, 4) is 0 Å². The summed E-state index contributed by atoms with van der Waals surface area (Å²) >= 11 is 3.26. The minimum Gasteiger partial charge on any atom is -0.318 e. The number of halogens is 2. The van der Waals surface area contributed by atoms with Crippen LogP contribution in [0.15, 0.2) is 58.1 Å². The highest BCUT2D eigenvalue weighted by molar-refractivity contribution is 9.10. The van der Waals surface area contributed by atoms with Crippen LogP contribution in [-0.4, -0.2) is 18.0 Å². The molecule has 0 atom stereocenters. The van der Waals surface area contributed by atoms with E-state index in [1.807, 2.05) is 5.43 Å². The Morgan fingerprint density at radius 3 is 2.41 bits per heavy atom. The average Bonchev–Trinajstić information content (AvgIpc) is 2.51. The summed E-state index contributed by atoms with van der Waals surface area (Å²) < 4.78 is 14.2. The number of carbonyl (C=O) groups is 2. The van der Waals surface area contributed by atoms with Crippen LogP contribution in [0.5, 0.6) is 0 Å². The summed E-state index contributed by atoms with van der Waals surface area (Å²) in [5, 5.41) is 5.96. The van der Waals surface area contributed by atoms with Crippen LogP contribution in [0.4, 0.5) is 10.1 Å². The van der Waals surface area contributed by atoms with Gasteiger partial charge < -0.3 is 5.32 Å². The van der Waals surface area contributed by atoms with Gasteiger partial charge in [-0.3, -0.25) is 9.59 Å². The van der Waals surface area contributed by atoms with E-state index in [1.54, 1.807) is 30.3 Å². The molecule has 0 aliphatic heterocycles. The maximum atomic E-state index is 13.3. The van der Waals surface area contributed by atoms with E-state index >= 15 is 0 Å². The van der Waals surface area contributed by atoms with Gasteiger partial charge >= 0.3 is 11.8 Å². The summed E-state index contributed by atoms with van der Waals surface area (Å²) in [5.74, 6) is -2.29. The SMILES string of the molecule is O=C(N/N=C\c1ccccc1F)C(=O)Nc1ccc(Br)cc1. The van der Waals surface area contributed by atoms with E-state index in [2.05, 4.69) is 26.3 Å². The first-order valence-electron chi connectivity index (χ1n) is 6.21. The topological polar surface area (TPSA) is 70.6 Å². The molecule has 0 saturated carbocycles. The van der Waals surface area contributed by atoms with Crippen molar-refractivity contribution in [1.82, 2.24) is 5.43 Å². The first-order chi connectivity index (χ1) is 10.6. The van der Waals surface area contributed by atoms with Crippen LogP contribution < -0.4 is 10.7 Å². The first kappa shape index (κ1) is 15.8. The zero-order chi connectivity index (χ0) is 15.9. The first-order valence-corrected chi connectivity index (χ1v) is 7.00. The van der Waals surface area contributed by atoms with Crippen LogP contribution in [-0.2, 0) is 9.59 Å². The van der Waals surface area contributed by atoms with Gasteiger partial charge in [0.25, 0.3) is 0 Å². The molecule has 0 radical (unpaired) electrons. The Labute approximate surface area is 134 Å². The molecule has 0 unspecified atom stereocenters. The molecule has 2 aromatic carbocycles. The lowest BCUT2D eigenvalue weighted by atomic mass is 10.2. The van der Waals surface area contributed by atoms with E-state index in [0.29, 0.717) is 5.69 Å². The largest absolute Gasteiger partial charge is 0.329 e. The lowest BCUT2D eigenvalue weighted by molar-refractivity contribution is -0.136. The molecule has 0 fully saturated rings. The summed E-state index contributed by atoms with van der Waals surface area (Å²) in [6.07, 6.45) is 1.13. The van der Waals surface area contributed by atoms with Crippen LogP contribution >= 0.6 is 15.9 Å². The fraction of sp³-hybridized carbons (Fsp3) is 0. The van der Waals surface area contributed by atoms with E-state index in [1.165, 1.54) is 18.2 Å². The Morgan fingerprint density at radius 1 is 1.05 bits per heavy atom. The quantitative estimate of drug-likeness (QED) is 0.500. The van der Waals surface area contributed by atoms with Crippen molar-refractivity contribution in [2.24, 2.45) is 5.10 Å². The molecule has 0 aromatic heterocycles. The van der Waals surface area contributed by atoms with Gasteiger partial charge in [-0.15, -0.1) is 0 Å². The van der Waals surface area contributed by atoms with Crippen LogP contribution in [0.2, 0.25) is 0 Å². The van der Waals surface area contributed by atoms with Gasteiger partial charge in [0.1, 0.15) is 5.82 Å². The van der Waals surface area contributed by atoms with Gasteiger partial charge in [0, 0.05) is 15.7 Å². The number of hydrogen-bond donors (Lipinski definition) is 2. The maximum absolute atomic E-state index is 13.3. The lowest BCUT2D eigenvalue weighted by Crippen LogP contribution is -2.32. The van der Waals surface area contributed by atoms with Gasteiger partial charge in [-0.1, -0.05) is 34.1 Å². The van der Waals surface area contributed by atoms with E-state index in [0.717, 1.165) is 10.7 Å². The molecule has 0 bridgehead atoms. The maximum Gasteiger partial charge on any atom is 0.329 e. The number of rotatable bonds is 3. The second kappa shape index (κ2) is 7.46. The molecule has 0 saturated heterocycles. The Morgan fingerprint density at radius 2 is 1.73 bits per heavy atom. The third-order valence-corrected chi connectivity index (χ3v) is 3.11. The summed E-state index contributed by atoms with van der Waals surface area (Å²) in [4.78, 5) is 23.2. The van der Waals surface area contributed by atoms with Crippen LogP contribution in [0, 0.1) is 5.82 Å². The second-order valence-electron chi connectivity index (χ2n) is 4.18. The zero-order valence-corrected chi connectivity index (χ0v) is 12.8. The Bertz CT molecular complexity index is 717.